The van der Waals surface area contributed by atoms with Crippen LogP contribution >= 0.6 is 11.6 Å². The van der Waals surface area contributed by atoms with Gasteiger partial charge in [-0.3, -0.25) is 4.79 Å². The highest BCUT2D eigenvalue weighted by molar-refractivity contribution is 7.89. The Morgan fingerprint density at radius 3 is 2.70 bits per heavy atom. The van der Waals surface area contributed by atoms with E-state index in [0.717, 1.165) is 12.8 Å². The first-order valence-corrected chi connectivity index (χ1v) is 9.26. The molecule has 6 nitrogen and oxygen atoms in total. The van der Waals surface area contributed by atoms with Crippen LogP contribution in [0.2, 0.25) is 5.02 Å². The largest absolute Gasteiger partial charge is 0.495 e. The second kappa shape index (κ2) is 5.96. The summed E-state index contributed by atoms with van der Waals surface area (Å²) in [5.41, 5.74) is 0. The van der Waals surface area contributed by atoms with Gasteiger partial charge in [0.15, 0.2) is 0 Å². The van der Waals surface area contributed by atoms with Crippen LogP contribution in [-0.4, -0.2) is 56.8 Å². The lowest BCUT2D eigenvalue weighted by atomic mass is 9.95. The predicted molar refractivity (Wildman–Crippen MR) is 86.0 cm³/mol. The van der Waals surface area contributed by atoms with Crippen molar-refractivity contribution in [3.8, 4) is 5.75 Å². The van der Waals surface area contributed by atoms with Gasteiger partial charge in [0.25, 0.3) is 0 Å². The van der Waals surface area contributed by atoms with Crippen LogP contribution in [0.5, 0.6) is 5.75 Å². The van der Waals surface area contributed by atoms with Crippen molar-refractivity contribution in [1.82, 2.24) is 9.21 Å². The number of sulfonamides is 1. The second-order valence-electron chi connectivity index (χ2n) is 5.99. The number of carbonyl (C=O) groups is 1. The van der Waals surface area contributed by atoms with Crippen LogP contribution in [-0.2, 0) is 14.8 Å². The van der Waals surface area contributed by atoms with Gasteiger partial charge in [-0.05, 0) is 31.0 Å². The van der Waals surface area contributed by atoms with Gasteiger partial charge in [0.1, 0.15) is 10.6 Å². The molecule has 3 fully saturated rings. The van der Waals surface area contributed by atoms with Gasteiger partial charge in [0.2, 0.25) is 15.9 Å². The fraction of sp³-hybridized carbons (Fsp3) is 0.533. The summed E-state index contributed by atoms with van der Waals surface area (Å²) in [6, 6.07) is 4.44. The fourth-order valence-electron chi connectivity index (χ4n) is 3.30. The zero-order valence-corrected chi connectivity index (χ0v) is 14.6. The molecule has 0 saturated carbocycles. The summed E-state index contributed by atoms with van der Waals surface area (Å²) in [4.78, 5) is 14.0. The first kappa shape index (κ1) is 16.5. The van der Waals surface area contributed by atoms with E-state index in [1.165, 1.54) is 17.5 Å². The Balaban J connectivity index is 2.01. The molecule has 2 atom stereocenters. The third-order valence-electron chi connectivity index (χ3n) is 4.67. The molecule has 0 spiro atoms. The first-order valence-electron chi connectivity index (χ1n) is 7.45. The van der Waals surface area contributed by atoms with E-state index in [2.05, 4.69) is 0 Å². The quantitative estimate of drug-likeness (QED) is 0.823. The zero-order chi connectivity index (χ0) is 16.8. The number of carbonyl (C=O) groups excluding carboxylic acids is 1. The normalized spacial score (nSPS) is 25.5. The van der Waals surface area contributed by atoms with E-state index in [-0.39, 0.29) is 35.1 Å². The van der Waals surface area contributed by atoms with Crippen molar-refractivity contribution in [3.63, 3.8) is 0 Å². The first-order chi connectivity index (χ1) is 10.8. The van der Waals surface area contributed by atoms with Gasteiger partial charge < -0.3 is 9.64 Å². The molecule has 1 amide bonds. The molecule has 23 heavy (non-hydrogen) atoms. The van der Waals surface area contributed by atoms with Gasteiger partial charge in [-0.25, -0.2) is 8.42 Å². The van der Waals surface area contributed by atoms with Crippen LogP contribution in [0.1, 0.15) is 12.8 Å². The van der Waals surface area contributed by atoms with Gasteiger partial charge in [-0.2, -0.15) is 4.31 Å². The van der Waals surface area contributed by atoms with E-state index in [9.17, 15) is 13.2 Å². The minimum Gasteiger partial charge on any atom is -0.495 e. The summed E-state index contributed by atoms with van der Waals surface area (Å²) in [6.07, 6.45) is 1.55. The van der Waals surface area contributed by atoms with Crippen molar-refractivity contribution in [1.29, 1.82) is 0 Å². The number of fused-ring (bicyclic) bond motifs is 4. The van der Waals surface area contributed by atoms with Crippen molar-refractivity contribution in [2.75, 3.05) is 27.2 Å². The molecule has 1 aromatic rings. The van der Waals surface area contributed by atoms with Gasteiger partial charge >= 0.3 is 0 Å². The number of hydrogen-bond acceptors (Lipinski definition) is 4. The lowest BCUT2D eigenvalue weighted by Crippen LogP contribution is -2.45. The van der Waals surface area contributed by atoms with E-state index in [4.69, 9.17) is 16.3 Å². The SMILES string of the molecule is COc1ccc(Cl)cc1S(=O)(=O)N1C[C@@H]2CC[C@H](C1)N(C)C2=O. The average molecular weight is 359 g/mol. The molecule has 0 radical (unpaired) electrons. The van der Waals surface area contributed by atoms with Gasteiger partial charge in [0.05, 0.1) is 13.0 Å². The predicted octanol–water partition coefficient (Wildman–Crippen LogP) is 1.59. The molecule has 3 aliphatic rings. The Morgan fingerprint density at radius 1 is 1.26 bits per heavy atom. The number of rotatable bonds is 3. The number of hydrogen-bond donors (Lipinski definition) is 0. The maximum atomic E-state index is 13.1. The fourth-order valence-corrected chi connectivity index (χ4v) is 5.25. The van der Waals surface area contributed by atoms with Gasteiger partial charge in [-0.1, -0.05) is 11.6 Å². The molecule has 3 aliphatic heterocycles. The highest BCUT2D eigenvalue weighted by Crippen LogP contribution is 2.34. The van der Waals surface area contributed by atoms with Crippen LogP contribution in [0.15, 0.2) is 23.1 Å². The number of nitrogens with zero attached hydrogens (tertiary/aromatic N) is 2. The monoisotopic (exact) mass is 358 g/mol. The zero-order valence-electron chi connectivity index (χ0n) is 13.0. The highest BCUT2D eigenvalue weighted by atomic mass is 35.5. The molecular weight excluding hydrogens is 340 g/mol. The summed E-state index contributed by atoms with van der Waals surface area (Å²) in [5, 5.41) is 0.329. The van der Waals surface area contributed by atoms with E-state index in [1.807, 2.05) is 0 Å². The van der Waals surface area contributed by atoms with Crippen molar-refractivity contribution >= 4 is 27.5 Å². The summed E-state index contributed by atoms with van der Waals surface area (Å²) >= 11 is 5.97. The average Bonchev–Trinajstić information content (AvgIpc) is 2.81. The maximum absolute atomic E-state index is 13.1. The molecule has 3 saturated heterocycles. The number of ether oxygens (including phenoxy) is 1. The Hall–Kier alpha value is -1.31. The van der Waals surface area contributed by atoms with E-state index < -0.39 is 10.0 Å². The molecule has 126 valence electrons. The molecule has 0 aliphatic carbocycles. The lowest BCUT2D eigenvalue weighted by Gasteiger charge is -2.32. The van der Waals surface area contributed by atoms with Crippen LogP contribution in [0.25, 0.3) is 0 Å². The van der Waals surface area contributed by atoms with Crippen LogP contribution < -0.4 is 4.74 Å². The molecule has 0 aromatic heterocycles. The number of benzene rings is 1. The Bertz CT molecular complexity index is 737. The van der Waals surface area contributed by atoms with Crippen molar-refractivity contribution in [3.05, 3.63) is 23.2 Å². The lowest BCUT2D eigenvalue weighted by molar-refractivity contribution is -0.138. The molecule has 1 aromatic carbocycles. The molecule has 0 N–H and O–H groups in total. The van der Waals surface area contributed by atoms with Crippen LogP contribution in [0.4, 0.5) is 0 Å². The standard InChI is InChI=1S/C15H19ClN2O4S/c1-17-12-5-3-10(15(17)19)8-18(9-12)23(20,21)14-7-11(16)4-6-13(14)22-2/h4,6-7,10,12H,3,5,8-9H2,1-2H3/t10-,12+/m0/s1. The second-order valence-corrected chi connectivity index (χ2v) is 8.34. The van der Waals surface area contributed by atoms with E-state index in [0.29, 0.717) is 11.6 Å². The Morgan fingerprint density at radius 2 is 2.00 bits per heavy atom. The molecule has 3 heterocycles. The summed E-state index contributed by atoms with van der Waals surface area (Å²) in [7, 11) is -0.611. The van der Waals surface area contributed by atoms with Gasteiger partial charge in [0, 0.05) is 31.2 Å². The Kier molecular flexibility index (Phi) is 4.29. The maximum Gasteiger partial charge on any atom is 0.246 e. The minimum atomic E-state index is -3.78. The van der Waals surface area contributed by atoms with Crippen molar-refractivity contribution < 1.29 is 17.9 Å². The highest BCUT2D eigenvalue weighted by Gasteiger charge is 2.43. The molecule has 0 unspecified atom stereocenters. The Labute approximate surface area is 141 Å². The summed E-state index contributed by atoms with van der Waals surface area (Å²) in [5.74, 6) is 0.00129. The molecule has 4 rings (SSSR count). The smallest absolute Gasteiger partial charge is 0.246 e. The topological polar surface area (TPSA) is 66.9 Å². The number of amides is 1. The third kappa shape index (κ3) is 2.81. The van der Waals surface area contributed by atoms with E-state index >= 15 is 0 Å². The van der Waals surface area contributed by atoms with E-state index in [1.54, 1.807) is 24.1 Å². The molecular formula is C15H19ClN2O4S. The number of likely N-dealkylation sites (N-methyl/N-ethyl adjacent to an activating group) is 1. The van der Waals surface area contributed by atoms with Crippen molar-refractivity contribution in [2.24, 2.45) is 5.92 Å². The van der Waals surface area contributed by atoms with Crippen LogP contribution in [0, 0.1) is 5.92 Å². The number of halogens is 1. The van der Waals surface area contributed by atoms with Gasteiger partial charge in [-0.15, -0.1) is 0 Å². The molecule has 2 bridgehead atoms. The van der Waals surface area contributed by atoms with Crippen molar-refractivity contribution in [2.45, 2.75) is 23.8 Å². The molecule has 8 heteroatoms. The number of piperidine rings is 1. The minimum absolute atomic E-state index is 0.0250. The number of methoxy groups -OCH3 is 1. The summed E-state index contributed by atoms with van der Waals surface area (Å²) in [6.45, 7) is 0.508. The summed E-state index contributed by atoms with van der Waals surface area (Å²) < 4.78 is 32.7. The third-order valence-corrected chi connectivity index (χ3v) is 6.76. The van der Waals surface area contributed by atoms with Crippen LogP contribution in [0.3, 0.4) is 0 Å².